The van der Waals surface area contributed by atoms with Crippen molar-refractivity contribution in [2.45, 2.75) is 45.8 Å². The van der Waals surface area contributed by atoms with Gasteiger partial charge in [-0.3, -0.25) is 9.48 Å². The van der Waals surface area contributed by atoms with Crippen LogP contribution in [-0.4, -0.2) is 26.6 Å². The second-order valence-corrected chi connectivity index (χ2v) is 7.86. The van der Waals surface area contributed by atoms with Crippen molar-refractivity contribution in [2.75, 3.05) is 0 Å². The Balaban J connectivity index is 1.54. The van der Waals surface area contributed by atoms with Crippen LogP contribution in [-0.2, 0) is 13.1 Å². The number of carbonyl (C=O) groups is 1. The average molecular weight is 366 g/mol. The first kappa shape index (κ1) is 17.0. The largest absolute Gasteiger partial charge is 0.331 e. The topological polar surface area (TPSA) is 38.1 Å². The van der Waals surface area contributed by atoms with E-state index in [2.05, 4.69) is 41.0 Å². The van der Waals surface area contributed by atoms with Crippen molar-refractivity contribution in [2.24, 2.45) is 0 Å². The third-order valence-corrected chi connectivity index (χ3v) is 5.52. The quantitative estimate of drug-likeness (QED) is 0.649. The maximum atomic E-state index is 13.1. The van der Waals surface area contributed by atoms with Gasteiger partial charge in [-0.1, -0.05) is 12.1 Å². The highest BCUT2D eigenvalue weighted by atomic mass is 32.1. The Labute approximate surface area is 158 Å². The van der Waals surface area contributed by atoms with E-state index in [0.29, 0.717) is 19.1 Å². The highest BCUT2D eigenvalue weighted by Gasteiger charge is 2.33. The Morgan fingerprint density at radius 3 is 2.73 bits per heavy atom. The summed E-state index contributed by atoms with van der Waals surface area (Å²) in [4.78, 5) is 15.2. The molecule has 1 fully saturated rings. The molecule has 4 rings (SSSR count). The van der Waals surface area contributed by atoms with Gasteiger partial charge in [-0.05, 0) is 72.8 Å². The zero-order valence-corrected chi connectivity index (χ0v) is 16.0. The Morgan fingerprint density at radius 1 is 1.23 bits per heavy atom. The van der Waals surface area contributed by atoms with Crippen molar-refractivity contribution in [3.8, 4) is 0 Å². The summed E-state index contributed by atoms with van der Waals surface area (Å²) >= 11 is 1.68. The van der Waals surface area contributed by atoms with Crippen molar-refractivity contribution in [1.29, 1.82) is 0 Å². The van der Waals surface area contributed by atoms with Crippen molar-refractivity contribution in [1.82, 2.24) is 14.7 Å². The Bertz CT molecular complexity index is 909. The molecule has 0 spiro atoms. The number of nitrogens with zero attached hydrogens (tertiary/aromatic N) is 3. The first-order valence-electron chi connectivity index (χ1n) is 9.02. The van der Waals surface area contributed by atoms with E-state index in [1.807, 2.05) is 34.7 Å². The second-order valence-electron chi connectivity index (χ2n) is 7.08. The predicted octanol–water partition coefficient (Wildman–Crippen LogP) is 4.41. The molecule has 0 bridgehead atoms. The molecule has 0 N–H and O–H groups in total. The molecule has 4 nitrogen and oxygen atoms in total. The van der Waals surface area contributed by atoms with Gasteiger partial charge in [0, 0.05) is 23.8 Å². The zero-order chi connectivity index (χ0) is 18.1. The van der Waals surface area contributed by atoms with Crippen LogP contribution in [0.5, 0.6) is 0 Å². The highest BCUT2D eigenvalue weighted by molar-refractivity contribution is 7.07. The Hall–Kier alpha value is -2.40. The summed E-state index contributed by atoms with van der Waals surface area (Å²) in [7, 11) is 0. The van der Waals surface area contributed by atoms with Crippen LogP contribution in [0.3, 0.4) is 0 Å². The fraction of sp³-hybridized carbons (Fsp3) is 0.333. The molecule has 0 atom stereocenters. The van der Waals surface area contributed by atoms with E-state index in [1.165, 1.54) is 5.56 Å². The Morgan fingerprint density at radius 2 is 2.08 bits per heavy atom. The molecule has 1 amide bonds. The molecule has 0 radical (unpaired) electrons. The van der Waals surface area contributed by atoms with Crippen LogP contribution in [0.4, 0.5) is 0 Å². The summed E-state index contributed by atoms with van der Waals surface area (Å²) in [5.74, 6) is 0.133. The summed E-state index contributed by atoms with van der Waals surface area (Å²) in [5.41, 5.74) is 5.25. The van der Waals surface area contributed by atoms with Gasteiger partial charge in [-0.2, -0.15) is 16.4 Å². The number of thiophene rings is 1. The monoisotopic (exact) mass is 365 g/mol. The summed E-state index contributed by atoms with van der Waals surface area (Å²) in [6.07, 6.45) is 2.22. The molecule has 1 aliphatic rings. The van der Waals surface area contributed by atoms with Gasteiger partial charge in [0.25, 0.3) is 5.91 Å². The van der Waals surface area contributed by atoms with Crippen molar-refractivity contribution in [3.05, 3.63) is 75.2 Å². The molecule has 134 valence electrons. The lowest BCUT2D eigenvalue weighted by molar-refractivity contribution is 0.0730. The van der Waals surface area contributed by atoms with E-state index >= 15 is 0 Å². The van der Waals surface area contributed by atoms with E-state index in [0.717, 1.165) is 35.4 Å². The number of aromatic nitrogens is 2. The molecule has 0 saturated heterocycles. The van der Waals surface area contributed by atoms with Crippen LogP contribution in [0.2, 0.25) is 0 Å². The van der Waals surface area contributed by atoms with Gasteiger partial charge in [0.05, 0.1) is 12.2 Å². The summed E-state index contributed by atoms with van der Waals surface area (Å²) in [5, 5.41) is 8.72. The first-order valence-corrected chi connectivity index (χ1v) is 9.96. The maximum Gasteiger partial charge on any atom is 0.254 e. The number of rotatable bonds is 6. The lowest BCUT2D eigenvalue weighted by atomic mass is 10.1. The number of amides is 1. The van der Waals surface area contributed by atoms with Crippen molar-refractivity contribution in [3.63, 3.8) is 0 Å². The molecule has 1 aliphatic carbocycles. The molecule has 2 heterocycles. The molecule has 2 aromatic heterocycles. The van der Waals surface area contributed by atoms with E-state index in [9.17, 15) is 4.79 Å². The normalized spacial score (nSPS) is 13.8. The summed E-state index contributed by atoms with van der Waals surface area (Å²) in [6, 6.07) is 12.6. The van der Waals surface area contributed by atoms with Crippen molar-refractivity contribution >= 4 is 17.2 Å². The van der Waals surface area contributed by atoms with E-state index in [-0.39, 0.29) is 5.91 Å². The van der Waals surface area contributed by atoms with E-state index < -0.39 is 0 Å². The van der Waals surface area contributed by atoms with E-state index in [1.54, 1.807) is 11.3 Å². The molecule has 3 aromatic rings. The minimum absolute atomic E-state index is 0.133. The van der Waals surface area contributed by atoms with Crippen LogP contribution in [0.25, 0.3) is 0 Å². The molecule has 5 heteroatoms. The second kappa shape index (κ2) is 7.08. The lowest BCUT2D eigenvalue weighted by Gasteiger charge is -2.22. The third kappa shape index (κ3) is 3.73. The van der Waals surface area contributed by atoms with Crippen LogP contribution >= 0.6 is 11.3 Å². The summed E-state index contributed by atoms with van der Waals surface area (Å²) < 4.78 is 1.99. The van der Waals surface area contributed by atoms with Crippen molar-refractivity contribution < 1.29 is 4.79 Å². The highest BCUT2D eigenvalue weighted by Crippen LogP contribution is 2.30. The fourth-order valence-electron chi connectivity index (χ4n) is 3.31. The lowest BCUT2D eigenvalue weighted by Crippen LogP contribution is -2.32. The molecular formula is C21H23N3OS. The molecule has 0 unspecified atom stereocenters. The number of hydrogen-bond donors (Lipinski definition) is 0. The molecule has 1 aromatic carbocycles. The smallest absolute Gasteiger partial charge is 0.254 e. The van der Waals surface area contributed by atoms with Gasteiger partial charge in [0.15, 0.2) is 0 Å². The van der Waals surface area contributed by atoms with Gasteiger partial charge in [-0.15, -0.1) is 0 Å². The average Bonchev–Trinajstić information content (AvgIpc) is 3.24. The SMILES string of the molecule is Cc1cc(C)n(Cc2cccc(C(=O)N(Cc3ccsc3)C3CC3)c2)n1. The van der Waals surface area contributed by atoms with Crippen LogP contribution < -0.4 is 0 Å². The minimum atomic E-state index is 0.133. The minimum Gasteiger partial charge on any atom is -0.331 e. The number of benzene rings is 1. The number of hydrogen-bond acceptors (Lipinski definition) is 3. The molecule has 0 aliphatic heterocycles. The fourth-order valence-corrected chi connectivity index (χ4v) is 3.97. The number of aryl methyl sites for hydroxylation is 2. The first-order chi connectivity index (χ1) is 12.6. The van der Waals surface area contributed by atoms with Gasteiger partial charge in [-0.25, -0.2) is 0 Å². The standard InChI is InChI=1S/C21H23N3OS/c1-15-10-16(2)24(22-15)13-17-4-3-5-19(11-17)21(25)23(20-6-7-20)12-18-8-9-26-14-18/h3-5,8-11,14,20H,6-7,12-13H2,1-2H3. The van der Waals surface area contributed by atoms with Gasteiger partial charge in [0.1, 0.15) is 0 Å². The van der Waals surface area contributed by atoms with Crippen LogP contribution in [0.15, 0.2) is 47.2 Å². The predicted molar refractivity (Wildman–Crippen MR) is 104 cm³/mol. The maximum absolute atomic E-state index is 13.1. The van der Waals surface area contributed by atoms with Crippen LogP contribution in [0.1, 0.15) is 45.7 Å². The van der Waals surface area contributed by atoms with Gasteiger partial charge < -0.3 is 4.90 Å². The van der Waals surface area contributed by atoms with Gasteiger partial charge in [0.2, 0.25) is 0 Å². The molecule has 1 saturated carbocycles. The van der Waals surface area contributed by atoms with Gasteiger partial charge >= 0.3 is 0 Å². The van der Waals surface area contributed by atoms with E-state index in [4.69, 9.17) is 0 Å². The third-order valence-electron chi connectivity index (χ3n) is 4.79. The molecule has 26 heavy (non-hydrogen) atoms. The number of carbonyl (C=O) groups excluding carboxylic acids is 1. The van der Waals surface area contributed by atoms with Crippen LogP contribution in [0, 0.1) is 13.8 Å². The Kier molecular flexibility index (Phi) is 4.64. The zero-order valence-electron chi connectivity index (χ0n) is 15.2. The summed E-state index contributed by atoms with van der Waals surface area (Å²) in [6.45, 7) is 5.45. The molecular weight excluding hydrogens is 342 g/mol.